The highest BCUT2D eigenvalue weighted by molar-refractivity contribution is 4.98. The minimum Gasteiger partial charge on any atom is -0.469 e. The summed E-state index contributed by atoms with van der Waals surface area (Å²) in [5.41, 5.74) is 0. The number of nitrogens with one attached hydrogen (secondary N) is 1. The topological polar surface area (TPSA) is 25.2 Å². The van der Waals surface area contributed by atoms with Crippen LogP contribution in [0.2, 0.25) is 0 Å². The van der Waals surface area contributed by atoms with Crippen LogP contribution < -0.4 is 5.32 Å². The van der Waals surface area contributed by atoms with Crippen molar-refractivity contribution in [3.05, 3.63) is 24.2 Å². The quantitative estimate of drug-likeness (QED) is 0.842. The summed E-state index contributed by atoms with van der Waals surface area (Å²) >= 11 is 0. The lowest BCUT2D eigenvalue weighted by molar-refractivity contribution is 0.00431. The average Bonchev–Trinajstić information content (AvgIpc) is 2.94. The number of alkyl halides is 2. The SMILES string of the molecule is CNC(CCc1ccco1)CC1CCC(F)(F)C1. The van der Waals surface area contributed by atoms with E-state index in [1.807, 2.05) is 19.2 Å². The monoisotopic (exact) mass is 257 g/mol. The molecular formula is C14H21F2NO. The zero-order valence-electron chi connectivity index (χ0n) is 10.8. The molecule has 1 aliphatic carbocycles. The maximum Gasteiger partial charge on any atom is 0.248 e. The van der Waals surface area contributed by atoms with E-state index in [-0.39, 0.29) is 18.8 Å². The molecule has 102 valence electrons. The van der Waals surface area contributed by atoms with Crippen LogP contribution in [0.4, 0.5) is 8.78 Å². The summed E-state index contributed by atoms with van der Waals surface area (Å²) in [6, 6.07) is 4.13. The van der Waals surface area contributed by atoms with Crippen molar-refractivity contribution in [3.63, 3.8) is 0 Å². The second-order valence-electron chi connectivity index (χ2n) is 5.30. The molecule has 2 unspecified atom stereocenters. The Hall–Kier alpha value is -0.900. The normalized spacial score (nSPS) is 24.3. The number of aryl methyl sites for hydroxylation is 1. The zero-order chi connectivity index (χ0) is 13.0. The van der Waals surface area contributed by atoms with Crippen LogP contribution in [0.15, 0.2) is 22.8 Å². The smallest absolute Gasteiger partial charge is 0.248 e. The molecular weight excluding hydrogens is 236 g/mol. The van der Waals surface area contributed by atoms with Crippen molar-refractivity contribution in [3.8, 4) is 0 Å². The van der Waals surface area contributed by atoms with E-state index in [2.05, 4.69) is 5.32 Å². The van der Waals surface area contributed by atoms with Gasteiger partial charge in [0.25, 0.3) is 0 Å². The second kappa shape index (κ2) is 5.83. The standard InChI is InChI=1S/C14H21F2NO/c1-17-12(4-5-13-3-2-8-18-13)9-11-6-7-14(15,16)10-11/h2-3,8,11-12,17H,4-7,9-10H2,1H3. The van der Waals surface area contributed by atoms with Crippen molar-refractivity contribution in [2.45, 2.75) is 50.5 Å². The van der Waals surface area contributed by atoms with E-state index in [9.17, 15) is 8.78 Å². The minimum absolute atomic E-state index is 0.0614. The Bertz CT molecular complexity index is 351. The number of rotatable bonds is 6. The molecule has 0 saturated heterocycles. The first-order chi connectivity index (χ1) is 8.59. The van der Waals surface area contributed by atoms with Gasteiger partial charge >= 0.3 is 0 Å². The molecule has 18 heavy (non-hydrogen) atoms. The van der Waals surface area contributed by atoms with Crippen molar-refractivity contribution in [2.24, 2.45) is 5.92 Å². The summed E-state index contributed by atoms with van der Waals surface area (Å²) in [7, 11) is 1.90. The molecule has 1 aromatic rings. The molecule has 0 radical (unpaired) electrons. The summed E-state index contributed by atoms with van der Waals surface area (Å²) in [6.07, 6.45) is 5.09. The number of hydrogen-bond donors (Lipinski definition) is 1. The van der Waals surface area contributed by atoms with Gasteiger partial charge in [0.2, 0.25) is 5.92 Å². The number of hydrogen-bond acceptors (Lipinski definition) is 2. The fourth-order valence-electron chi connectivity index (χ4n) is 2.80. The van der Waals surface area contributed by atoms with E-state index in [1.165, 1.54) is 0 Å². The lowest BCUT2D eigenvalue weighted by Crippen LogP contribution is -2.28. The number of halogens is 2. The first-order valence-electron chi connectivity index (χ1n) is 6.66. The molecule has 2 nitrogen and oxygen atoms in total. The van der Waals surface area contributed by atoms with Crippen LogP contribution in [0, 0.1) is 5.92 Å². The van der Waals surface area contributed by atoms with Gasteiger partial charge in [0.15, 0.2) is 0 Å². The Morgan fingerprint density at radius 1 is 1.56 bits per heavy atom. The third kappa shape index (κ3) is 3.80. The van der Waals surface area contributed by atoms with Crippen molar-refractivity contribution in [1.82, 2.24) is 5.32 Å². The third-order valence-corrected chi connectivity index (χ3v) is 3.85. The molecule has 1 fully saturated rings. The van der Waals surface area contributed by atoms with Gasteiger partial charge in [0.05, 0.1) is 6.26 Å². The molecule has 1 N–H and O–H groups in total. The van der Waals surface area contributed by atoms with E-state index in [0.717, 1.165) is 25.0 Å². The van der Waals surface area contributed by atoms with Gasteiger partial charge in [-0.1, -0.05) is 0 Å². The van der Waals surface area contributed by atoms with E-state index in [1.54, 1.807) is 6.26 Å². The molecule has 4 heteroatoms. The van der Waals surface area contributed by atoms with Crippen LogP contribution in [0.1, 0.15) is 37.9 Å². The average molecular weight is 257 g/mol. The molecule has 0 spiro atoms. The Kier molecular flexibility index (Phi) is 4.38. The molecule has 1 heterocycles. The highest BCUT2D eigenvalue weighted by atomic mass is 19.3. The molecule has 0 aromatic carbocycles. The van der Waals surface area contributed by atoms with E-state index in [0.29, 0.717) is 12.5 Å². The maximum absolute atomic E-state index is 13.1. The molecule has 2 rings (SSSR count). The van der Waals surface area contributed by atoms with Gasteiger partial charge in [-0.2, -0.15) is 0 Å². The summed E-state index contributed by atoms with van der Waals surface area (Å²) in [5, 5.41) is 3.23. The Balaban J connectivity index is 1.75. The van der Waals surface area contributed by atoms with E-state index < -0.39 is 5.92 Å². The van der Waals surface area contributed by atoms with Crippen molar-refractivity contribution in [2.75, 3.05) is 7.05 Å². The van der Waals surface area contributed by atoms with Crippen LogP contribution in [-0.4, -0.2) is 19.0 Å². The van der Waals surface area contributed by atoms with Gasteiger partial charge in [-0.05, 0) is 44.4 Å². The second-order valence-corrected chi connectivity index (χ2v) is 5.30. The fourth-order valence-corrected chi connectivity index (χ4v) is 2.80. The highest BCUT2D eigenvalue weighted by Gasteiger charge is 2.39. The third-order valence-electron chi connectivity index (χ3n) is 3.85. The predicted octanol–water partition coefficient (Wildman–Crippen LogP) is 3.63. The van der Waals surface area contributed by atoms with Gasteiger partial charge in [0.1, 0.15) is 5.76 Å². The lowest BCUT2D eigenvalue weighted by Gasteiger charge is -2.19. The summed E-state index contributed by atoms with van der Waals surface area (Å²) < 4.78 is 31.5. The molecule has 2 atom stereocenters. The molecule has 1 aliphatic rings. The van der Waals surface area contributed by atoms with Gasteiger partial charge in [-0.25, -0.2) is 8.78 Å². The maximum atomic E-state index is 13.1. The van der Waals surface area contributed by atoms with Gasteiger partial charge in [-0.3, -0.25) is 0 Å². The van der Waals surface area contributed by atoms with Crippen molar-refractivity contribution in [1.29, 1.82) is 0 Å². The van der Waals surface area contributed by atoms with Crippen LogP contribution in [0.3, 0.4) is 0 Å². The van der Waals surface area contributed by atoms with Crippen LogP contribution in [-0.2, 0) is 6.42 Å². The first-order valence-corrected chi connectivity index (χ1v) is 6.66. The first kappa shape index (κ1) is 13.5. The molecule has 0 bridgehead atoms. The van der Waals surface area contributed by atoms with E-state index in [4.69, 9.17) is 4.42 Å². The molecule has 1 aromatic heterocycles. The summed E-state index contributed by atoms with van der Waals surface area (Å²) in [4.78, 5) is 0. The van der Waals surface area contributed by atoms with Gasteiger partial charge < -0.3 is 9.73 Å². The Morgan fingerprint density at radius 3 is 2.94 bits per heavy atom. The predicted molar refractivity (Wildman–Crippen MR) is 66.8 cm³/mol. The van der Waals surface area contributed by atoms with Crippen LogP contribution in [0.25, 0.3) is 0 Å². The Morgan fingerprint density at radius 2 is 2.39 bits per heavy atom. The van der Waals surface area contributed by atoms with Crippen molar-refractivity contribution < 1.29 is 13.2 Å². The minimum atomic E-state index is -2.43. The van der Waals surface area contributed by atoms with Gasteiger partial charge in [-0.15, -0.1) is 0 Å². The largest absolute Gasteiger partial charge is 0.469 e. The highest BCUT2D eigenvalue weighted by Crippen LogP contribution is 2.41. The summed E-state index contributed by atoms with van der Waals surface area (Å²) in [6.45, 7) is 0. The zero-order valence-corrected chi connectivity index (χ0v) is 10.8. The molecule has 1 saturated carbocycles. The fraction of sp³-hybridized carbons (Fsp3) is 0.714. The molecule has 0 amide bonds. The van der Waals surface area contributed by atoms with E-state index >= 15 is 0 Å². The van der Waals surface area contributed by atoms with Crippen LogP contribution in [0.5, 0.6) is 0 Å². The summed E-state index contributed by atoms with van der Waals surface area (Å²) in [5.74, 6) is -1.30. The lowest BCUT2D eigenvalue weighted by atomic mass is 9.95. The molecule has 0 aliphatic heterocycles. The van der Waals surface area contributed by atoms with Gasteiger partial charge in [0, 0.05) is 25.3 Å². The Labute approximate surface area is 107 Å². The number of furan rings is 1. The van der Waals surface area contributed by atoms with Crippen LogP contribution >= 0.6 is 0 Å². The van der Waals surface area contributed by atoms with Crippen molar-refractivity contribution >= 4 is 0 Å².